The highest BCUT2D eigenvalue weighted by molar-refractivity contribution is 6.03. The predicted octanol–water partition coefficient (Wildman–Crippen LogP) is 3.95. The fourth-order valence-corrected chi connectivity index (χ4v) is 4.63. The highest BCUT2D eigenvalue weighted by Crippen LogP contribution is 2.29. The monoisotopic (exact) mass is 545 g/mol. The number of aliphatic hydroxyl groups excluding tert-OH is 1. The molecular formula is C28H43N5O6. The van der Waals surface area contributed by atoms with Crippen LogP contribution in [-0.2, 0) is 4.74 Å². The lowest BCUT2D eigenvalue weighted by atomic mass is 10.0. The Morgan fingerprint density at radius 2 is 2.00 bits per heavy atom. The Morgan fingerprint density at radius 3 is 2.67 bits per heavy atom. The molecule has 0 saturated heterocycles. The van der Waals surface area contributed by atoms with Crippen LogP contribution in [0.2, 0.25) is 0 Å². The summed E-state index contributed by atoms with van der Waals surface area (Å²) < 4.78 is 17.5. The number of carbonyl (C=O) groups is 2. The zero-order valence-electron chi connectivity index (χ0n) is 23.9. The molecule has 216 valence electrons. The van der Waals surface area contributed by atoms with E-state index >= 15 is 0 Å². The lowest BCUT2D eigenvalue weighted by molar-refractivity contribution is -0.000451. The molecule has 0 spiro atoms. The average molecular weight is 546 g/mol. The Morgan fingerprint density at radius 1 is 1.23 bits per heavy atom. The van der Waals surface area contributed by atoms with Gasteiger partial charge in [0.15, 0.2) is 5.76 Å². The number of amides is 3. The molecule has 0 unspecified atom stereocenters. The smallest absolute Gasteiger partial charge is 0.323 e. The van der Waals surface area contributed by atoms with Gasteiger partial charge in [-0.15, -0.1) is 0 Å². The zero-order chi connectivity index (χ0) is 28.5. The van der Waals surface area contributed by atoms with Crippen molar-refractivity contribution in [1.82, 2.24) is 15.4 Å². The number of aryl methyl sites for hydroxylation is 2. The van der Waals surface area contributed by atoms with E-state index in [1.54, 1.807) is 36.9 Å². The second-order valence-corrected chi connectivity index (χ2v) is 10.3. The number of hydrogen-bond acceptors (Lipinski definition) is 8. The SMILES string of the molecule is CNC[C@@H]1OCCCC[C@@H](C)Oc2ccc(NC(=O)Nc3c(C)noc3C)cc2C(=O)N([C@H](C)CO)C[C@@H]1C. The maximum Gasteiger partial charge on any atom is 0.323 e. The van der Waals surface area contributed by atoms with Crippen LogP contribution in [0.25, 0.3) is 0 Å². The van der Waals surface area contributed by atoms with Gasteiger partial charge in [-0.3, -0.25) is 4.79 Å². The highest BCUT2D eigenvalue weighted by Gasteiger charge is 2.29. The topological polar surface area (TPSA) is 138 Å². The van der Waals surface area contributed by atoms with Crippen molar-refractivity contribution in [3.8, 4) is 5.75 Å². The summed E-state index contributed by atoms with van der Waals surface area (Å²) in [5, 5.41) is 22.6. The number of carbonyl (C=O) groups excluding carboxylic acids is 2. The number of aromatic nitrogens is 1. The number of anilines is 2. The summed E-state index contributed by atoms with van der Waals surface area (Å²) in [7, 11) is 1.88. The summed E-state index contributed by atoms with van der Waals surface area (Å²) in [4.78, 5) is 28.4. The Bertz CT molecular complexity index is 1090. The first-order valence-corrected chi connectivity index (χ1v) is 13.6. The minimum atomic E-state index is -0.492. The molecule has 2 aromatic rings. The molecular weight excluding hydrogens is 502 g/mol. The number of rotatable bonds is 6. The van der Waals surface area contributed by atoms with Crippen molar-refractivity contribution in [3.63, 3.8) is 0 Å². The summed E-state index contributed by atoms with van der Waals surface area (Å²) in [5.74, 6) is 0.643. The fraction of sp³-hybridized carbons (Fsp3) is 0.607. The number of ether oxygens (including phenoxy) is 2. The third kappa shape index (κ3) is 8.17. The van der Waals surface area contributed by atoms with E-state index in [1.807, 2.05) is 20.9 Å². The van der Waals surface area contributed by atoms with Gasteiger partial charge >= 0.3 is 6.03 Å². The lowest BCUT2D eigenvalue weighted by Gasteiger charge is -2.34. The number of nitrogens with zero attached hydrogens (tertiary/aromatic N) is 2. The molecule has 11 heteroatoms. The molecule has 4 N–H and O–H groups in total. The van der Waals surface area contributed by atoms with Crippen LogP contribution in [0.5, 0.6) is 5.75 Å². The second-order valence-electron chi connectivity index (χ2n) is 10.3. The van der Waals surface area contributed by atoms with Gasteiger partial charge in [0.05, 0.1) is 30.4 Å². The van der Waals surface area contributed by atoms with Crippen LogP contribution in [0.1, 0.15) is 61.8 Å². The van der Waals surface area contributed by atoms with Crippen LogP contribution in [0, 0.1) is 19.8 Å². The van der Waals surface area contributed by atoms with Crippen LogP contribution in [0.15, 0.2) is 22.7 Å². The number of aliphatic hydroxyl groups is 1. The molecule has 1 aromatic heterocycles. The average Bonchev–Trinajstić information content (AvgIpc) is 3.22. The first-order valence-electron chi connectivity index (χ1n) is 13.6. The summed E-state index contributed by atoms with van der Waals surface area (Å²) in [5.41, 5.74) is 1.79. The molecule has 0 radical (unpaired) electrons. The molecule has 2 heterocycles. The molecule has 1 aromatic carbocycles. The second kappa shape index (κ2) is 14.3. The van der Waals surface area contributed by atoms with Crippen molar-refractivity contribution in [2.75, 3.05) is 44.0 Å². The van der Waals surface area contributed by atoms with E-state index in [0.717, 1.165) is 19.3 Å². The number of likely N-dealkylation sites (N-methyl/N-ethyl adjacent to an activating group) is 1. The molecule has 0 bridgehead atoms. The Labute approximate surface area is 230 Å². The first-order chi connectivity index (χ1) is 18.6. The highest BCUT2D eigenvalue weighted by atomic mass is 16.5. The van der Waals surface area contributed by atoms with Crippen molar-refractivity contribution in [1.29, 1.82) is 0 Å². The van der Waals surface area contributed by atoms with E-state index in [4.69, 9.17) is 14.0 Å². The van der Waals surface area contributed by atoms with Crippen molar-refractivity contribution >= 4 is 23.3 Å². The summed E-state index contributed by atoms with van der Waals surface area (Å²) in [6, 6.07) is 4.10. The zero-order valence-corrected chi connectivity index (χ0v) is 23.9. The number of hydrogen-bond donors (Lipinski definition) is 4. The summed E-state index contributed by atoms with van der Waals surface area (Å²) >= 11 is 0. The molecule has 4 atom stereocenters. The van der Waals surface area contributed by atoms with Gasteiger partial charge in [0.2, 0.25) is 0 Å². The summed E-state index contributed by atoms with van der Waals surface area (Å²) in [6.07, 6.45) is 2.43. The van der Waals surface area contributed by atoms with Crippen molar-refractivity contribution < 1.29 is 28.7 Å². The van der Waals surface area contributed by atoms with Crippen molar-refractivity contribution in [3.05, 3.63) is 35.2 Å². The molecule has 3 amide bonds. The normalized spacial score (nSPS) is 21.9. The minimum absolute atomic E-state index is 0.00349. The fourth-order valence-electron chi connectivity index (χ4n) is 4.63. The van der Waals surface area contributed by atoms with E-state index < -0.39 is 12.1 Å². The third-order valence-corrected chi connectivity index (χ3v) is 6.99. The quantitative estimate of drug-likeness (QED) is 0.428. The van der Waals surface area contributed by atoms with E-state index in [0.29, 0.717) is 53.8 Å². The maximum atomic E-state index is 14.0. The van der Waals surface area contributed by atoms with E-state index in [1.165, 1.54) is 0 Å². The van der Waals surface area contributed by atoms with Crippen LogP contribution in [0.3, 0.4) is 0 Å². The van der Waals surface area contributed by atoms with Crippen LogP contribution < -0.4 is 20.7 Å². The molecule has 39 heavy (non-hydrogen) atoms. The number of nitrogens with one attached hydrogen (secondary N) is 3. The largest absolute Gasteiger partial charge is 0.490 e. The van der Waals surface area contributed by atoms with Crippen LogP contribution in [-0.4, -0.2) is 78.7 Å². The van der Waals surface area contributed by atoms with Crippen LogP contribution >= 0.6 is 0 Å². The van der Waals surface area contributed by atoms with Gasteiger partial charge < -0.3 is 40.0 Å². The van der Waals surface area contributed by atoms with Gasteiger partial charge in [-0.25, -0.2) is 4.79 Å². The number of benzene rings is 1. The lowest BCUT2D eigenvalue weighted by Crippen LogP contribution is -2.47. The van der Waals surface area contributed by atoms with Gasteiger partial charge in [0.25, 0.3) is 5.91 Å². The molecule has 0 fully saturated rings. The number of fused-ring (bicyclic) bond motifs is 1. The Hall–Kier alpha value is -3.15. The molecule has 3 rings (SSSR count). The van der Waals surface area contributed by atoms with Gasteiger partial charge in [0, 0.05) is 31.3 Å². The summed E-state index contributed by atoms with van der Waals surface area (Å²) in [6.45, 7) is 10.8. The van der Waals surface area contributed by atoms with E-state index in [9.17, 15) is 14.7 Å². The molecule has 1 aliphatic heterocycles. The van der Waals surface area contributed by atoms with Gasteiger partial charge in [-0.05, 0) is 72.2 Å². The molecule has 0 aliphatic carbocycles. The van der Waals surface area contributed by atoms with Gasteiger partial charge in [0.1, 0.15) is 17.1 Å². The first kappa shape index (κ1) is 30.4. The maximum absolute atomic E-state index is 14.0. The van der Waals surface area contributed by atoms with Gasteiger partial charge in [-0.1, -0.05) is 12.1 Å². The molecule has 0 saturated carbocycles. The van der Waals surface area contributed by atoms with Gasteiger partial charge in [-0.2, -0.15) is 0 Å². The van der Waals surface area contributed by atoms with E-state index in [2.05, 4.69) is 28.0 Å². The van der Waals surface area contributed by atoms with Crippen LogP contribution in [0.4, 0.5) is 16.2 Å². The molecule has 11 nitrogen and oxygen atoms in total. The number of urea groups is 1. The Balaban J connectivity index is 1.94. The molecule has 1 aliphatic rings. The standard InChI is InChI=1S/C28H43N5O6/c1-17-15-33(18(2)16-34)27(35)23-13-22(30-28(36)31-26-20(4)32-39-21(26)5)10-11-24(23)38-19(3)9-7-8-12-37-25(17)14-29-6/h10-11,13,17-19,25,29,34H,7-9,12,14-16H2,1-6H3,(H2,30,31,36)/t17-,18+,19+,25-/m0/s1. The van der Waals surface area contributed by atoms with Crippen molar-refractivity contribution in [2.24, 2.45) is 5.92 Å². The predicted molar refractivity (Wildman–Crippen MR) is 149 cm³/mol. The van der Waals surface area contributed by atoms with E-state index in [-0.39, 0.29) is 30.6 Å². The minimum Gasteiger partial charge on any atom is -0.490 e. The Kier molecular flexibility index (Phi) is 11.1. The van der Waals surface area contributed by atoms with Crippen molar-refractivity contribution in [2.45, 2.75) is 72.1 Å². The third-order valence-electron chi connectivity index (χ3n) is 6.99.